The van der Waals surface area contributed by atoms with Crippen molar-refractivity contribution in [3.8, 4) is 11.9 Å². The molecule has 0 radical (unpaired) electrons. The fourth-order valence-corrected chi connectivity index (χ4v) is 4.55. The molecule has 31 heavy (non-hydrogen) atoms. The zero-order valence-electron chi connectivity index (χ0n) is 18.3. The molecule has 0 spiro atoms. The topological polar surface area (TPSA) is 66.2 Å². The van der Waals surface area contributed by atoms with Gasteiger partial charge in [-0.3, -0.25) is 4.79 Å². The molecule has 158 valence electrons. The van der Waals surface area contributed by atoms with Crippen LogP contribution in [-0.2, 0) is 18.3 Å². The Hall–Kier alpha value is -3.39. The first-order valence-corrected chi connectivity index (χ1v) is 10.7. The van der Waals surface area contributed by atoms with Crippen molar-refractivity contribution in [3.05, 3.63) is 70.8 Å². The third-order valence-electron chi connectivity index (χ3n) is 6.27. The Balaban J connectivity index is 1.70. The molecule has 1 heterocycles. The number of hydrogen-bond donors (Lipinski definition) is 0. The molecular formula is C26H27N3O2. The van der Waals surface area contributed by atoms with E-state index in [1.165, 1.54) is 17.5 Å². The van der Waals surface area contributed by atoms with E-state index in [9.17, 15) is 10.1 Å². The van der Waals surface area contributed by atoms with Crippen molar-refractivity contribution in [2.24, 2.45) is 0 Å². The van der Waals surface area contributed by atoms with Gasteiger partial charge in [0.1, 0.15) is 0 Å². The van der Waals surface area contributed by atoms with E-state index in [2.05, 4.69) is 12.1 Å². The minimum absolute atomic E-state index is 0.100. The smallest absolute Gasteiger partial charge is 0.253 e. The molecule has 0 saturated heterocycles. The molecule has 1 unspecified atom stereocenters. The van der Waals surface area contributed by atoms with E-state index in [1.807, 2.05) is 37.3 Å². The Bertz CT molecular complexity index is 1170. The van der Waals surface area contributed by atoms with Gasteiger partial charge in [-0.05, 0) is 61.9 Å². The molecule has 0 bridgehead atoms. The SMILES string of the molecule is COc1nc2cc(C(C)(C#N)CN(C)C(=O)c3ccccc3)ccc2c2c1CCCC2. The fourth-order valence-electron chi connectivity index (χ4n) is 4.55. The standard InChI is InChI=1S/C26H27N3O2/c1-26(16-27,17-29(2)25(30)18-9-5-4-6-10-18)19-13-14-21-20-11-7-8-12-22(20)24(31-3)28-23(21)15-19/h4-6,9-10,13-15H,7-8,11-12,17H2,1-3H3. The molecule has 0 saturated carbocycles. The summed E-state index contributed by atoms with van der Waals surface area (Å²) in [6.45, 7) is 2.16. The number of carbonyl (C=O) groups is 1. The molecule has 1 aromatic heterocycles. The lowest BCUT2D eigenvalue weighted by molar-refractivity contribution is 0.0776. The monoisotopic (exact) mass is 413 g/mol. The van der Waals surface area contributed by atoms with E-state index in [-0.39, 0.29) is 12.5 Å². The van der Waals surface area contributed by atoms with Crippen LogP contribution in [0.4, 0.5) is 0 Å². The van der Waals surface area contributed by atoms with Crippen LogP contribution in [-0.4, -0.2) is 36.5 Å². The minimum Gasteiger partial charge on any atom is -0.481 e. The normalized spacial score (nSPS) is 14.9. The molecule has 5 nitrogen and oxygen atoms in total. The van der Waals surface area contributed by atoms with Gasteiger partial charge >= 0.3 is 0 Å². The number of aryl methyl sites for hydroxylation is 1. The van der Waals surface area contributed by atoms with Crippen molar-refractivity contribution in [2.75, 3.05) is 20.7 Å². The number of pyridine rings is 1. The van der Waals surface area contributed by atoms with Crippen molar-refractivity contribution in [2.45, 2.75) is 38.0 Å². The first kappa shape index (κ1) is 20.9. The number of rotatable bonds is 5. The van der Waals surface area contributed by atoms with Crippen molar-refractivity contribution in [3.63, 3.8) is 0 Å². The fraction of sp³-hybridized carbons (Fsp3) is 0.346. The third kappa shape index (κ3) is 3.86. The van der Waals surface area contributed by atoms with Gasteiger partial charge in [0, 0.05) is 30.1 Å². The third-order valence-corrected chi connectivity index (χ3v) is 6.27. The minimum atomic E-state index is -0.863. The van der Waals surface area contributed by atoms with Crippen molar-refractivity contribution < 1.29 is 9.53 Å². The van der Waals surface area contributed by atoms with Crippen LogP contribution in [0.2, 0.25) is 0 Å². The highest BCUT2D eigenvalue weighted by Gasteiger charge is 2.31. The number of amides is 1. The van der Waals surface area contributed by atoms with Crippen molar-refractivity contribution >= 4 is 16.8 Å². The first-order valence-electron chi connectivity index (χ1n) is 10.7. The molecule has 1 aliphatic carbocycles. The lowest BCUT2D eigenvalue weighted by Crippen LogP contribution is -2.39. The number of ether oxygens (including phenoxy) is 1. The van der Waals surface area contributed by atoms with Gasteiger partial charge in [-0.2, -0.15) is 5.26 Å². The zero-order chi connectivity index (χ0) is 22.0. The molecule has 1 aliphatic rings. The number of aromatic nitrogens is 1. The predicted octanol–water partition coefficient (Wildman–Crippen LogP) is 4.68. The second-order valence-corrected chi connectivity index (χ2v) is 8.49. The van der Waals surface area contributed by atoms with Gasteiger partial charge in [0.05, 0.1) is 24.1 Å². The van der Waals surface area contributed by atoms with Crippen LogP contribution in [0.1, 0.15) is 46.8 Å². The van der Waals surface area contributed by atoms with Crippen LogP contribution in [0, 0.1) is 11.3 Å². The van der Waals surface area contributed by atoms with Gasteiger partial charge < -0.3 is 9.64 Å². The summed E-state index contributed by atoms with van der Waals surface area (Å²) in [5, 5.41) is 11.2. The molecule has 3 aromatic rings. The van der Waals surface area contributed by atoms with Gasteiger partial charge in [-0.1, -0.05) is 30.3 Å². The Morgan fingerprint density at radius 2 is 1.87 bits per heavy atom. The average Bonchev–Trinajstić information content (AvgIpc) is 2.83. The second kappa shape index (κ2) is 8.39. The van der Waals surface area contributed by atoms with Crippen LogP contribution < -0.4 is 4.74 Å². The van der Waals surface area contributed by atoms with Gasteiger partial charge in [0.15, 0.2) is 0 Å². The van der Waals surface area contributed by atoms with Gasteiger partial charge in [0.25, 0.3) is 5.91 Å². The maximum atomic E-state index is 12.8. The van der Waals surface area contributed by atoms with E-state index < -0.39 is 5.41 Å². The molecule has 4 rings (SSSR count). The highest BCUT2D eigenvalue weighted by Crippen LogP contribution is 2.36. The van der Waals surface area contributed by atoms with Crippen molar-refractivity contribution in [1.82, 2.24) is 9.88 Å². The molecule has 0 aliphatic heterocycles. The lowest BCUT2D eigenvalue weighted by atomic mass is 9.82. The van der Waals surface area contributed by atoms with Gasteiger partial charge in [-0.25, -0.2) is 4.98 Å². The molecule has 0 fully saturated rings. The number of carbonyl (C=O) groups excluding carboxylic acids is 1. The maximum Gasteiger partial charge on any atom is 0.253 e. The molecular weight excluding hydrogens is 386 g/mol. The number of nitrogens with zero attached hydrogens (tertiary/aromatic N) is 3. The molecule has 5 heteroatoms. The van der Waals surface area contributed by atoms with E-state index in [4.69, 9.17) is 9.72 Å². The van der Waals surface area contributed by atoms with E-state index in [0.29, 0.717) is 11.4 Å². The quantitative estimate of drug-likeness (QED) is 0.609. The second-order valence-electron chi connectivity index (χ2n) is 8.49. The van der Waals surface area contributed by atoms with Crippen LogP contribution >= 0.6 is 0 Å². The van der Waals surface area contributed by atoms with Crippen LogP contribution in [0.25, 0.3) is 10.9 Å². The first-order chi connectivity index (χ1) is 15.0. The summed E-state index contributed by atoms with van der Waals surface area (Å²) in [5.41, 5.74) is 3.97. The van der Waals surface area contributed by atoms with Gasteiger partial charge in [-0.15, -0.1) is 0 Å². The number of nitriles is 1. The number of hydrogen-bond acceptors (Lipinski definition) is 4. The number of fused-ring (bicyclic) bond motifs is 3. The summed E-state index contributed by atoms with van der Waals surface area (Å²) in [6.07, 6.45) is 4.33. The highest BCUT2D eigenvalue weighted by atomic mass is 16.5. The largest absolute Gasteiger partial charge is 0.481 e. The van der Waals surface area contributed by atoms with Crippen LogP contribution in [0.15, 0.2) is 48.5 Å². The summed E-state index contributed by atoms with van der Waals surface area (Å²) in [7, 11) is 3.40. The maximum absolute atomic E-state index is 12.8. The summed E-state index contributed by atoms with van der Waals surface area (Å²) in [5.74, 6) is 0.589. The number of methoxy groups -OCH3 is 1. The zero-order valence-corrected chi connectivity index (χ0v) is 18.3. The van der Waals surface area contributed by atoms with E-state index in [1.54, 1.807) is 31.2 Å². The Morgan fingerprint density at radius 1 is 1.16 bits per heavy atom. The predicted molar refractivity (Wildman–Crippen MR) is 121 cm³/mol. The van der Waals surface area contributed by atoms with Crippen LogP contribution in [0.5, 0.6) is 5.88 Å². The molecule has 1 amide bonds. The summed E-state index contributed by atoms with van der Waals surface area (Å²) in [4.78, 5) is 19.2. The Labute approximate surface area is 183 Å². The lowest BCUT2D eigenvalue weighted by Gasteiger charge is -2.29. The number of likely N-dealkylation sites (N-methyl/N-ethyl adjacent to an activating group) is 1. The van der Waals surface area contributed by atoms with E-state index in [0.717, 1.165) is 35.7 Å². The molecule has 0 N–H and O–H groups in total. The summed E-state index contributed by atoms with van der Waals surface area (Å²) >= 11 is 0. The molecule has 1 atom stereocenters. The van der Waals surface area contributed by atoms with Gasteiger partial charge in [0.2, 0.25) is 5.88 Å². The Morgan fingerprint density at radius 3 is 2.55 bits per heavy atom. The summed E-state index contributed by atoms with van der Waals surface area (Å²) in [6, 6.07) is 17.6. The highest BCUT2D eigenvalue weighted by molar-refractivity contribution is 5.94. The summed E-state index contributed by atoms with van der Waals surface area (Å²) < 4.78 is 5.59. The Kier molecular flexibility index (Phi) is 5.65. The van der Waals surface area contributed by atoms with Crippen molar-refractivity contribution in [1.29, 1.82) is 5.26 Å². The van der Waals surface area contributed by atoms with Crippen LogP contribution in [0.3, 0.4) is 0 Å². The number of benzene rings is 2. The average molecular weight is 414 g/mol. The van der Waals surface area contributed by atoms with E-state index >= 15 is 0 Å². The molecule has 2 aromatic carbocycles.